The molecule has 1 atom stereocenters. The summed E-state index contributed by atoms with van der Waals surface area (Å²) in [6, 6.07) is 8.68. The smallest absolute Gasteiger partial charge is 0.325 e. The number of ether oxygens (including phenoxy) is 1. The average Bonchev–Trinajstić information content (AvgIpc) is 2.87. The van der Waals surface area contributed by atoms with Crippen LogP contribution in [-0.2, 0) is 32.4 Å². The Kier molecular flexibility index (Phi) is 7.72. The van der Waals surface area contributed by atoms with Crippen molar-refractivity contribution < 1.29 is 17.9 Å². The summed E-state index contributed by atoms with van der Waals surface area (Å²) in [5.41, 5.74) is 1.34. The third-order valence-corrected chi connectivity index (χ3v) is 6.91. The van der Waals surface area contributed by atoms with Gasteiger partial charge in [-0.3, -0.25) is 9.48 Å². The topological polar surface area (TPSA) is 90.3 Å². The lowest BCUT2D eigenvalue weighted by Crippen LogP contribution is -2.43. The van der Waals surface area contributed by atoms with Crippen molar-refractivity contribution in [1.29, 1.82) is 0 Å². The maximum atomic E-state index is 12.8. The Morgan fingerprint density at radius 1 is 1.37 bits per heavy atom. The van der Waals surface area contributed by atoms with Crippen molar-refractivity contribution in [2.75, 3.05) is 12.4 Å². The first-order valence-corrected chi connectivity index (χ1v) is 11.3. The zero-order valence-electron chi connectivity index (χ0n) is 15.3. The summed E-state index contributed by atoms with van der Waals surface area (Å²) in [6.07, 6.45) is 0. The van der Waals surface area contributed by atoms with E-state index in [4.69, 9.17) is 16.3 Å². The highest BCUT2D eigenvalue weighted by atomic mass is 35.5. The number of aryl methyl sites for hydroxylation is 2. The van der Waals surface area contributed by atoms with Crippen LogP contribution in [-0.4, -0.2) is 42.6 Å². The molecule has 2 rings (SSSR count). The van der Waals surface area contributed by atoms with Crippen molar-refractivity contribution >= 4 is 39.4 Å². The van der Waals surface area contributed by atoms with Gasteiger partial charge in [0.2, 0.25) is 10.0 Å². The summed E-state index contributed by atoms with van der Waals surface area (Å²) in [7, 11) is -2.49. The second-order valence-electron chi connectivity index (χ2n) is 5.76. The van der Waals surface area contributed by atoms with Gasteiger partial charge in [0.1, 0.15) is 16.1 Å². The molecule has 0 spiro atoms. The van der Waals surface area contributed by atoms with E-state index in [1.807, 2.05) is 30.3 Å². The summed E-state index contributed by atoms with van der Waals surface area (Å²) < 4.78 is 34.3. The summed E-state index contributed by atoms with van der Waals surface area (Å²) in [5.74, 6) is 0.244. The molecule has 0 saturated carbocycles. The fourth-order valence-electron chi connectivity index (χ4n) is 2.42. The molecule has 1 heterocycles. The number of thioether (sulfide) groups is 1. The number of halogens is 1. The predicted molar refractivity (Wildman–Crippen MR) is 106 cm³/mol. The van der Waals surface area contributed by atoms with Gasteiger partial charge >= 0.3 is 5.97 Å². The van der Waals surface area contributed by atoms with Crippen molar-refractivity contribution in [2.24, 2.45) is 7.05 Å². The third kappa shape index (κ3) is 5.71. The summed E-state index contributed by atoms with van der Waals surface area (Å²) >= 11 is 7.50. The van der Waals surface area contributed by atoms with E-state index in [-0.39, 0.29) is 28.1 Å². The molecule has 0 amide bonds. The number of esters is 1. The lowest BCUT2D eigenvalue weighted by Gasteiger charge is -2.17. The van der Waals surface area contributed by atoms with Gasteiger partial charge in [0.15, 0.2) is 0 Å². The van der Waals surface area contributed by atoms with Gasteiger partial charge in [0, 0.05) is 18.6 Å². The highest BCUT2D eigenvalue weighted by Gasteiger charge is 2.31. The standard InChI is InChI=1S/C17H22ClN3O4S2/c1-4-25-17(22)14(11-26-10-13-8-6-5-7-9-13)20-27(23,24)15-12(2)19-21(3)16(15)18/h5-9,14,20H,4,10-11H2,1-3H3. The van der Waals surface area contributed by atoms with Gasteiger partial charge in [-0.15, -0.1) is 0 Å². The number of hydrogen-bond donors (Lipinski definition) is 1. The molecular weight excluding hydrogens is 410 g/mol. The molecule has 0 radical (unpaired) electrons. The zero-order chi connectivity index (χ0) is 20.0. The van der Waals surface area contributed by atoms with Gasteiger partial charge in [-0.25, -0.2) is 8.42 Å². The van der Waals surface area contributed by atoms with Crippen LogP contribution in [0.3, 0.4) is 0 Å². The van der Waals surface area contributed by atoms with Crippen LogP contribution in [0.2, 0.25) is 5.15 Å². The van der Waals surface area contributed by atoms with Crippen LogP contribution < -0.4 is 4.72 Å². The Morgan fingerprint density at radius 3 is 2.59 bits per heavy atom. The zero-order valence-corrected chi connectivity index (χ0v) is 17.7. The first-order valence-electron chi connectivity index (χ1n) is 8.26. The van der Waals surface area contributed by atoms with Gasteiger partial charge in [0.05, 0.1) is 12.3 Å². The fourth-order valence-corrected chi connectivity index (χ4v) is 5.47. The Labute approximate surface area is 168 Å². The lowest BCUT2D eigenvalue weighted by atomic mass is 10.2. The number of nitrogens with one attached hydrogen (secondary N) is 1. The largest absolute Gasteiger partial charge is 0.465 e. The molecule has 1 aromatic heterocycles. The Balaban J connectivity index is 2.14. The minimum absolute atomic E-state index is 0.0143. The normalized spacial score (nSPS) is 12.7. The maximum absolute atomic E-state index is 12.8. The van der Waals surface area contributed by atoms with E-state index in [1.165, 1.54) is 16.4 Å². The molecule has 2 aromatic rings. The quantitative estimate of drug-likeness (QED) is 0.613. The molecule has 7 nitrogen and oxygen atoms in total. The van der Waals surface area contributed by atoms with Crippen LogP contribution in [0.25, 0.3) is 0 Å². The molecule has 0 saturated heterocycles. The summed E-state index contributed by atoms with van der Waals surface area (Å²) in [6.45, 7) is 3.37. The second kappa shape index (κ2) is 9.59. The molecule has 0 aliphatic heterocycles. The van der Waals surface area contributed by atoms with E-state index in [0.717, 1.165) is 5.56 Å². The van der Waals surface area contributed by atoms with Crippen LogP contribution in [0, 0.1) is 6.92 Å². The molecule has 27 heavy (non-hydrogen) atoms. The van der Waals surface area contributed by atoms with Gasteiger partial charge < -0.3 is 4.74 Å². The van der Waals surface area contributed by atoms with Crippen LogP contribution in [0.15, 0.2) is 35.2 Å². The second-order valence-corrected chi connectivity index (χ2v) is 8.79. The fraction of sp³-hybridized carbons (Fsp3) is 0.412. The molecule has 1 aromatic carbocycles. The summed E-state index contributed by atoms with van der Waals surface area (Å²) in [5, 5.41) is 4.00. The Hall–Kier alpha value is -1.55. The van der Waals surface area contributed by atoms with E-state index in [1.54, 1.807) is 20.9 Å². The van der Waals surface area contributed by atoms with Crippen molar-refractivity contribution in [3.8, 4) is 0 Å². The molecule has 10 heteroatoms. The van der Waals surface area contributed by atoms with Gasteiger partial charge in [-0.2, -0.15) is 21.6 Å². The van der Waals surface area contributed by atoms with Crippen molar-refractivity contribution in [1.82, 2.24) is 14.5 Å². The monoisotopic (exact) mass is 431 g/mol. The number of hydrogen-bond acceptors (Lipinski definition) is 6. The van der Waals surface area contributed by atoms with Crippen molar-refractivity contribution in [2.45, 2.75) is 30.5 Å². The third-order valence-electron chi connectivity index (χ3n) is 3.63. The number of rotatable bonds is 9. The van der Waals surface area contributed by atoms with Gasteiger partial charge in [-0.1, -0.05) is 41.9 Å². The average molecular weight is 432 g/mol. The minimum atomic E-state index is -4.04. The molecule has 1 N–H and O–H groups in total. The van der Waals surface area contributed by atoms with E-state index in [9.17, 15) is 13.2 Å². The lowest BCUT2D eigenvalue weighted by molar-refractivity contribution is -0.144. The summed E-state index contributed by atoms with van der Waals surface area (Å²) in [4.78, 5) is 12.1. The number of carbonyl (C=O) groups excluding carboxylic acids is 1. The van der Waals surface area contributed by atoms with Crippen LogP contribution in [0.1, 0.15) is 18.2 Å². The maximum Gasteiger partial charge on any atom is 0.325 e. The van der Waals surface area contributed by atoms with Crippen LogP contribution in [0.4, 0.5) is 0 Å². The van der Waals surface area contributed by atoms with Gasteiger partial charge in [-0.05, 0) is 19.4 Å². The molecule has 0 aliphatic rings. The number of carbonyl (C=O) groups is 1. The Bertz CT molecular complexity index is 885. The van der Waals surface area contributed by atoms with E-state index in [2.05, 4.69) is 9.82 Å². The molecule has 148 valence electrons. The predicted octanol–water partition coefficient (Wildman–Crippen LogP) is 2.53. The number of nitrogens with zero attached hydrogens (tertiary/aromatic N) is 2. The highest BCUT2D eigenvalue weighted by Crippen LogP contribution is 2.24. The van der Waals surface area contributed by atoms with E-state index < -0.39 is 22.0 Å². The highest BCUT2D eigenvalue weighted by molar-refractivity contribution is 7.98. The van der Waals surface area contributed by atoms with E-state index >= 15 is 0 Å². The first-order chi connectivity index (χ1) is 12.8. The molecule has 0 fully saturated rings. The molecule has 0 aliphatic carbocycles. The number of benzene rings is 1. The van der Waals surface area contributed by atoms with Gasteiger partial charge in [0.25, 0.3) is 0 Å². The number of aromatic nitrogens is 2. The molecular formula is C17H22ClN3O4S2. The van der Waals surface area contributed by atoms with Crippen molar-refractivity contribution in [3.05, 3.63) is 46.7 Å². The van der Waals surface area contributed by atoms with Crippen molar-refractivity contribution in [3.63, 3.8) is 0 Å². The molecule has 1 unspecified atom stereocenters. The number of sulfonamides is 1. The van der Waals surface area contributed by atoms with E-state index in [0.29, 0.717) is 5.75 Å². The minimum Gasteiger partial charge on any atom is -0.465 e. The van der Waals surface area contributed by atoms with Crippen LogP contribution >= 0.6 is 23.4 Å². The molecule has 0 bridgehead atoms. The Morgan fingerprint density at radius 2 is 2.04 bits per heavy atom. The van der Waals surface area contributed by atoms with Crippen LogP contribution in [0.5, 0.6) is 0 Å². The SMILES string of the molecule is CCOC(=O)C(CSCc1ccccc1)NS(=O)(=O)c1c(C)nn(C)c1Cl. The first kappa shape index (κ1) is 21.7.